The number of carbonyl (C=O) groups excluding carboxylic acids is 1. The Kier molecular flexibility index (Phi) is 6.03. The monoisotopic (exact) mass is 443 g/mol. The van der Waals surface area contributed by atoms with Crippen LogP contribution in [0.15, 0.2) is 34.9 Å². The van der Waals surface area contributed by atoms with Gasteiger partial charge in [-0.3, -0.25) is 10.1 Å². The van der Waals surface area contributed by atoms with Crippen molar-refractivity contribution in [2.24, 2.45) is 0 Å². The number of hydrogen-bond donors (Lipinski definition) is 1. The predicted molar refractivity (Wildman–Crippen MR) is 114 cm³/mol. The van der Waals surface area contributed by atoms with E-state index < -0.39 is 0 Å². The molecule has 0 unspecified atom stereocenters. The normalized spacial score (nSPS) is 10.9. The maximum atomic E-state index is 12.9. The predicted octanol–water partition coefficient (Wildman–Crippen LogP) is 3.89. The van der Waals surface area contributed by atoms with Crippen molar-refractivity contribution < 1.29 is 23.4 Å². The first-order valence-corrected chi connectivity index (χ1v) is 10.6. The van der Waals surface area contributed by atoms with Gasteiger partial charge in [-0.05, 0) is 45.0 Å². The van der Waals surface area contributed by atoms with Crippen LogP contribution < -0.4 is 19.5 Å². The van der Waals surface area contributed by atoms with Gasteiger partial charge in [-0.1, -0.05) is 11.3 Å². The van der Waals surface area contributed by atoms with Crippen molar-refractivity contribution in [2.75, 3.05) is 25.1 Å². The summed E-state index contributed by atoms with van der Waals surface area (Å²) >= 11 is 1.20. The number of aromatic nitrogens is 4. The molecule has 0 aliphatic heterocycles. The summed E-state index contributed by atoms with van der Waals surface area (Å²) in [5, 5.41) is 15.7. The minimum absolute atomic E-state index is 0.354. The summed E-state index contributed by atoms with van der Waals surface area (Å²) in [4.78, 5) is 13.5. The van der Waals surface area contributed by atoms with Crippen LogP contribution in [0.5, 0.6) is 17.2 Å². The van der Waals surface area contributed by atoms with E-state index in [1.807, 2.05) is 20.8 Å². The standard InChI is InChI=1S/C20H21N5O5S/c1-4-27-14-10-12(11-15(28-5-2)16(14)29-6-3)18(26)21-19-24-25-17(13-8-7-9-30-13)22-23-20(25)31-19/h7-11H,4-6H2,1-3H3,(H,21,24,26). The van der Waals surface area contributed by atoms with Gasteiger partial charge in [0.25, 0.3) is 5.91 Å². The third-order valence-electron chi connectivity index (χ3n) is 4.12. The first-order valence-electron chi connectivity index (χ1n) is 9.78. The van der Waals surface area contributed by atoms with Crippen molar-refractivity contribution in [2.45, 2.75) is 20.8 Å². The van der Waals surface area contributed by atoms with Gasteiger partial charge in [0.2, 0.25) is 21.7 Å². The first-order chi connectivity index (χ1) is 15.1. The van der Waals surface area contributed by atoms with Crippen molar-refractivity contribution in [1.29, 1.82) is 0 Å². The summed E-state index contributed by atoms with van der Waals surface area (Å²) in [6.07, 6.45) is 1.54. The second-order valence-electron chi connectivity index (χ2n) is 6.16. The molecule has 4 rings (SSSR count). The molecular formula is C20H21N5O5S. The fraction of sp³-hybridized carbons (Fsp3) is 0.300. The molecular weight excluding hydrogens is 422 g/mol. The van der Waals surface area contributed by atoms with Gasteiger partial charge >= 0.3 is 0 Å². The van der Waals surface area contributed by atoms with E-state index in [-0.39, 0.29) is 5.91 Å². The molecule has 0 spiro atoms. The lowest BCUT2D eigenvalue weighted by Crippen LogP contribution is -2.13. The van der Waals surface area contributed by atoms with Crippen molar-refractivity contribution >= 4 is 27.3 Å². The molecule has 1 aromatic carbocycles. The fourth-order valence-electron chi connectivity index (χ4n) is 2.92. The Morgan fingerprint density at radius 1 is 1.10 bits per heavy atom. The van der Waals surface area contributed by atoms with E-state index in [9.17, 15) is 4.79 Å². The van der Waals surface area contributed by atoms with Crippen LogP contribution in [0.1, 0.15) is 31.1 Å². The Hall–Kier alpha value is -3.60. The SMILES string of the molecule is CCOc1cc(C(=O)Nc2nn3c(-c4ccco4)nnc3s2)cc(OCC)c1OCC. The highest BCUT2D eigenvalue weighted by molar-refractivity contribution is 7.20. The smallest absolute Gasteiger partial charge is 0.257 e. The lowest BCUT2D eigenvalue weighted by atomic mass is 10.1. The number of benzene rings is 1. The molecule has 0 saturated carbocycles. The quantitative estimate of drug-likeness (QED) is 0.414. The van der Waals surface area contributed by atoms with Gasteiger partial charge in [0, 0.05) is 5.56 Å². The molecule has 31 heavy (non-hydrogen) atoms. The number of ether oxygens (including phenoxy) is 3. The number of carbonyl (C=O) groups is 1. The van der Waals surface area contributed by atoms with Crippen LogP contribution in [0.2, 0.25) is 0 Å². The number of nitrogens with one attached hydrogen (secondary N) is 1. The maximum Gasteiger partial charge on any atom is 0.257 e. The molecule has 162 valence electrons. The van der Waals surface area contributed by atoms with E-state index in [4.69, 9.17) is 18.6 Å². The molecule has 4 aromatic rings. The minimum Gasteiger partial charge on any atom is -0.490 e. The highest BCUT2D eigenvalue weighted by Gasteiger charge is 2.21. The molecule has 0 radical (unpaired) electrons. The largest absolute Gasteiger partial charge is 0.490 e. The van der Waals surface area contributed by atoms with E-state index in [1.165, 1.54) is 15.9 Å². The summed E-state index contributed by atoms with van der Waals surface area (Å²) in [6, 6.07) is 6.77. The highest BCUT2D eigenvalue weighted by atomic mass is 32.1. The molecule has 11 heteroatoms. The summed E-state index contributed by atoms with van der Waals surface area (Å²) in [7, 11) is 0. The molecule has 0 fully saturated rings. The lowest BCUT2D eigenvalue weighted by molar-refractivity contribution is 0.102. The Labute approximate surface area is 181 Å². The zero-order valence-corrected chi connectivity index (χ0v) is 18.1. The van der Waals surface area contributed by atoms with Crippen LogP contribution >= 0.6 is 11.3 Å². The number of amides is 1. The second-order valence-corrected chi connectivity index (χ2v) is 7.11. The zero-order chi connectivity index (χ0) is 21.8. The van der Waals surface area contributed by atoms with Crippen LogP contribution in [0.3, 0.4) is 0 Å². The van der Waals surface area contributed by atoms with Gasteiger partial charge in [0.15, 0.2) is 17.3 Å². The Morgan fingerprint density at radius 3 is 2.42 bits per heavy atom. The number of rotatable bonds is 9. The van der Waals surface area contributed by atoms with E-state index in [2.05, 4.69) is 20.6 Å². The summed E-state index contributed by atoms with van der Waals surface area (Å²) in [5.74, 6) is 1.98. The second kappa shape index (κ2) is 9.04. The van der Waals surface area contributed by atoms with Gasteiger partial charge in [-0.15, -0.1) is 15.3 Å². The van der Waals surface area contributed by atoms with E-state index in [0.29, 0.717) is 64.3 Å². The average molecular weight is 443 g/mol. The highest BCUT2D eigenvalue weighted by Crippen LogP contribution is 2.39. The number of anilines is 1. The molecule has 0 bridgehead atoms. The van der Waals surface area contributed by atoms with Gasteiger partial charge in [-0.25, -0.2) is 0 Å². The molecule has 3 aromatic heterocycles. The summed E-state index contributed by atoms with van der Waals surface area (Å²) in [6.45, 7) is 6.87. The van der Waals surface area contributed by atoms with E-state index in [0.717, 1.165) is 0 Å². The first kappa shape index (κ1) is 20.7. The van der Waals surface area contributed by atoms with Crippen molar-refractivity contribution in [3.05, 3.63) is 36.1 Å². The van der Waals surface area contributed by atoms with Gasteiger partial charge < -0.3 is 18.6 Å². The fourth-order valence-corrected chi connectivity index (χ4v) is 3.65. The topological polar surface area (TPSA) is 113 Å². The Morgan fingerprint density at radius 2 is 1.81 bits per heavy atom. The molecule has 3 heterocycles. The number of furan rings is 1. The Balaban J connectivity index is 1.63. The van der Waals surface area contributed by atoms with Crippen LogP contribution in [-0.2, 0) is 0 Å². The lowest BCUT2D eigenvalue weighted by Gasteiger charge is -2.16. The van der Waals surface area contributed by atoms with Crippen molar-refractivity contribution in [1.82, 2.24) is 19.8 Å². The van der Waals surface area contributed by atoms with E-state index >= 15 is 0 Å². The zero-order valence-electron chi connectivity index (χ0n) is 17.2. The van der Waals surface area contributed by atoms with Crippen LogP contribution in [0, 0.1) is 0 Å². The molecule has 0 saturated heterocycles. The average Bonchev–Trinajstić information content (AvgIpc) is 3.48. The summed E-state index contributed by atoms with van der Waals surface area (Å²) in [5.41, 5.74) is 0.354. The molecule has 1 N–H and O–H groups in total. The van der Waals surface area contributed by atoms with Crippen LogP contribution in [0.4, 0.5) is 5.13 Å². The number of nitrogens with zero attached hydrogens (tertiary/aromatic N) is 4. The third kappa shape index (κ3) is 4.17. The van der Waals surface area contributed by atoms with Gasteiger partial charge in [0.05, 0.1) is 26.1 Å². The van der Waals surface area contributed by atoms with Crippen LogP contribution in [0.25, 0.3) is 16.5 Å². The maximum absolute atomic E-state index is 12.9. The van der Waals surface area contributed by atoms with E-state index in [1.54, 1.807) is 30.5 Å². The minimum atomic E-state index is -0.366. The van der Waals surface area contributed by atoms with Gasteiger partial charge in [0.1, 0.15) is 0 Å². The van der Waals surface area contributed by atoms with Crippen molar-refractivity contribution in [3.8, 4) is 28.8 Å². The third-order valence-corrected chi connectivity index (χ3v) is 4.94. The molecule has 0 aliphatic rings. The number of hydrogen-bond acceptors (Lipinski definition) is 9. The Bertz CT molecular complexity index is 1160. The van der Waals surface area contributed by atoms with Crippen molar-refractivity contribution in [3.63, 3.8) is 0 Å². The molecule has 1 amide bonds. The summed E-state index contributed by atoms with van der Waals surface area (Å²) < 4.78 is 23.9. The molecule has 0 atom stereocenters. The molecule has 10 nitrogen and oxygen atoms in total. The van der Waals surface area contributed by atoms with Gasteiger partial charge in [-0.2, -0.15) is 4.52 Å². The molecule has 0 aliphatic carbocycles. The number of fused-ring (bicyclic) bond motifs is 1. The van der Waals surface area contributed by atoms with Crippen LogP contribution in [-0.4, -0.2) is 45.5 Å².